The lowest BCUT2D eigenvalue weighted by molar-refractivity contribution is 0.0256. The Hall–Kier alpha value is -0.680. The number of rotatable bonds is 5. The lowest BCUT2D eigenvalue weighted by Gasteiger charge is -2.22. The lowest BCUT2D eigenvalue weighted by Crippen LogP contribution is -2.27. The molecule has 2 N–H and O–H groups in total. The van der Waals surface area contributed by atoms with Gasteiger partial charge in [0, 0.05) is 15.0 Å². The Labute approximate surface area is 136 Å². The van der Waals surface area contributed by atoms with Gasteiger partial charge in [0.15, 0.2) is 0 Å². The molecule has 0 aromatic heterocycles. The molecule has 106 valence electrons. The zero-order valence-corrected chi connectivity index (χ0v) is 14.4. The molecule has 0 aliphatic heterocycles. The highest BCUT2D eigenvalue weighted by Gasteiger charge is 2.17. The van der Waals surface area contributed by atoms with Gasteiger partial charge in [-0.25, -0.2) is 0 Å². The highest BCUT2D eigenvalue weighted by molar-refractivity contribution is 9.10. The third-order valence-electron chi connectivity index (χ3n) is 3.05. The molecule has 0 aliphatic carbocycles. The second kappa shape index (κ2) is 7.36. The summed E-state index contributed by atoms with van der Waals surface area (Å²) in [5.41, 5.74) is 8.27. The van der Waals surface area contributed by atoms with E-state index in [2.05, 4.69) is 31.9 Å². The number of ether oxygens (including phenoxy) is 1. The van der Waals surface area contributed by atoms with Gasteiger partial charge in [-0.05, 0) is 36.2 Å². The number of benzene rings is 2. The summed E-state index contributed by atoms with van der Waals surface area (Å²) >= 11 is 6.97. The second-order valence-corrected chi connectivity index (χ2v) is 6.50. The van der Waals surface area contributed by atoms with Crippen molar-refractivity contribution in [2.24, 2.45) is 5.73 Å². The van der Waals surface area contributed by atoms with Gasteiger partial charge in [0.25, 0.3) is 0 Å². The first-order chi connectivity index (χ1) is 9.58. The van der Waals surface area contributed by atoms with Gasteiger partial charge >= 0.3 is 0 Å². The standard InChI is InChI=1S/C16H17Br2NO/c1-11(19)16(12-6-8-14(17)9-7-12)20-10-13-4-2-3-5-15(13)18/h2-9,11,16H,10,19H2,1H3. The Morgan fingerprint density at radius 3 is 2.30 bits per heavy atom. The molecule has 2 atom stereocenters. The van der Waals surface area contributed by atoms with E-state index in [0.29, 0.717) is 6.61 Å². The molecule has 0 amide bonds. The Balaban J connectivity index is 2.11. The maximum atomic E-state index is 6.06. The molecule has 2 unspecified atom stereocenters. The fraction of sp³-hybridized carbons (Fsp3) is 0.250. The largest absolute Gasteiger partial charge is 0.367 e. The van der Waals surface area contributed by atoms with Gasteiger partial charge in [-0.15, -0.1) is 0 Å². The van der Waals surface area contributed by atoms with Crippen LogP contribution in [0.15, 0.2) is 57.5 Å². The van der Waals surface area contributed by atoms with Crippen molar-refractivity contribution in [3.05, 3.63) is 68.6 Å². The zero-order chi connectivity index (χ0) is 14.5. The van der Waals surface area contributed by atoms with Crippen LogP contribution in [0.25, 0.3) is 0 Å². The van der Waals surface area contributed by atoms with E-state index in [9.17, 15) is 0 Å². The van der Waals surface area contributed by atoms with Crippen LogP contribution in [0, 0.1) is 0 Å². The van der Waals surface area contributed by atoms with Crippen molar-refractivity contribution < 1.29 is 4.74 Å². The summed E-state index contributed by atoms with van der Waals surface area (Å²) in [6.07, 6.45) is -0.116. The monoisotopic (exact) mass is 397 g/mol. The highest BCUT2D eigenvalue weighted by atomic mass is 79.9. The van der Waals surface area contributed by atoms with Crippen molar-refractivity contribution in [2.45, 2.75) is 25.7 Å². The molecule has 0 bridgehead atoms. The summed E-state index contributed by atoms with van der Waals surface area (Å²) < 4.78 is 8.13. The van der Waals surface area contributed by atoms with Crippen molar-refractivity contribution in [1.82, 2.24) is 0 Å². The van der Waals surface area contributed by atoms with Crippen LogP contribution in [0.2, 0.25) is 0 Å². The van der Waals surface area contributed by atoms with Crippen molar-refractivity contribution in [2.75, 3.05) is 0 Å². The molecular formula is C16H17Br2NO. The van der Waals surface area contributed by atoms with Crippen LogP contribution < -0.4 is 5.73 Å². The molecule has 20 heavy (non-hydrogen) atoms. The minimum Gasteiger partial charge on any atom is -0.367 e. The van der Waals surface area contributed by atoms with Crippen LogP contribution in [0.1, 0.15) is 24.2 Å². The maximum Gasteiger partial charge on any atom is 0.0977 e. The first-order valence-corrected chi connectivity index (χ1v) is 8.02. The van der Waals surface area contributed by atoms with E-state index in [0.717, 1.165) is 20.1 Å². The van der Waals surface area contributed by atoms with Crippen LogP contribution in [-0.2, 0) is 11.3 Å². The van der Waals surface area contributed by atoms with E-state index in [-0.39, 0.29) is 12.1 Å². The molecule has 0 heterocycles. The molecule has 2 rings (SSSR count). The number of nitrogens with two attached hydrogens (primary N) is 1. The molecule has 0 spiro atoms. The topological polar surface area (TPSA) is 35.2 Å². The van der Waals surface area contributed by atoms with Gasteiger partial charge in [-0.3, -0.25) is 0 Å². The van der Waals surface area contributed by atoms with E-state index >= 15 is 0 Å². The van der Waals surface area contributed by atoms with E-state index in [1.807, 2.05) is 55.5 Å². The molecule has 4 heteroatoms. The van der Waals surface area contributed by atoms with E-state index in [4.69, 9.17) is 10.5 Å². The van der Waals surface area contributed by atoms with Crippen molar-refractivity contribution in [3.8, 4) is 0 Å². The summed E-state index contributed by atoms with van der Waals surface area (Å²) in [5.74, 6) is 0. The van der Waals surface area contributed by atoms with Gasteiger partial charge in [0.2, 0.25) is 0 Å². The predicted octanol–water partition coefficient (Wildman–Crippen LogP) is 4.82. The number of hydrogen-bond donors (Lipinski definition) is 1. The van der Waals surface area contributed by atoms with Gasteiger partial charge < -0.3 is 10.5 Å². The number of halogens is 2. The Bertz CT molecular complexity index is 555. The Kier molecular flexibility index (Phi) is 5.78. The van der Waals surface area contributed by atoms with Crippen LogP contribution in [0.4, 0.5) is 0 Å². The molecular weight excluding hydrogens is 382 g/mol. The Morgan fingerprint density at radius 1 is 1.05 bits per heavy atom. The third kappa shape index (κ3) is 4.16. The average Bonchev–Trinajstić information content (AvgIpc) is 2.42. The minimum atomic E-state index is -0.116. The van der Waals surface area contributed by atoms with Crippen molar-refractivity contribution in [3.63, 3.8) is 0 Å². The summed E-state index contributed by atoms with van der Waals surface area (Å²) in [6.45, 7) is 2.50. The van der Waals surface area contributed by atoms with Gasteiger partial charge in [-0.1, -0.05) is 62.2 Å². The summed E-state index contributed by atoms with van der Waals surface area (Å²) in [7, 11) is 0. The van der Waals surface area contributed by atoms with Gasteiger partial charge in [0.05, 0.1) is 12.7 Å². The molecule has 0 saturated heterocycles. The SMILES string of the molecule is CC(N)C(OCc1ccccc1Br)c1ccc(Br)cc1. The van der Waals surface area contributed by atoms with Gasteiger partial charge in [-0.2, -0.15) is 0 Å². The van der Waals surface area contributed by atoms with E-state index < -0.39 is 0 Å². The molecule has 0 aliphatic rings. The average molecular weight is 399 g/mol. The number of hydrogen-bond acceptors (Lipinski definition) is 2. The van der Waals surface area contributed by atoms with Crippen molar-refractivity contribution >= 4 is 31.9 Å². The summed E-state index contributed by atoms with van der Waals surface area (Å²) in [5, 5.41) is 0. The maximum absolute atomic E-state index is 6.06. The van der Waals surface area contributed by atoms with E-state index in [1.165, 1.54) is 0 Å². The smallest absolute Gasteiger partial charge is 0.0977 e. The molecule has 2 nitrogen and oxygen atoms in total. The summed E-state index contributed by atoms with van der Waals surface area (Å²) in [4.78, 5) is 0. The summed E-state index contributed by atoms with van der Waals surface area (Å²) in [6, 6.07) is 16.1. The zero-order valence-electron chi connectivity index (χ0n) is 11.2. The normalized spacial score (nSPS) is 14.0. The first-order valence-electron chi connectivity index (χ1n) is 6.44. The van der Waals surface area contributed by atoms with Crippen molar-refractivity contribution in [1.29, 1.82) is 0 Å². The first kappa shape index (κ1) is 15.7. The fourth-order valence-corrected chi connectivity index (χ4v) is 2.66. The molecule has 2 aromatic carbocycles. The lowest BCUT2D eigenvalue weighted by atomic mass is 10.0. The van der Waals surface area contributed by atoms with E-state index in [1.54, 1.807) is 0 Å². The van der Waals surface area contributed by atoms with Crippen LogP contribution >= 0.6 is 31.9 Å². The molecule has 0 saturated carbocycles. The molecule has 0 radical (unpaired) electrons. The molecule has 2 aromatic rings. The molecule has 0 fully saturated rings. The van der Waals surface area contributed by atoms with Gasteiger partial charge in [0.1, 0.15) is 0 Å². The highest BCUT2D eigenvalue weighted by Crippen LogP contribution is 2.25. The predicted molar refractivity (Wildman–Crippen MR) is 89.5 cm³/mol. The van der Waals surface area contributed by atoms with Crippen LogP contribution in [-0.4, -0.2) is 6.04 Å². The quantitative estimate of drug-likeness (QED) is 0.783. The fourth-order valence-electron chi connectivity index (χ4n) is 2.00. The Morgan fingerprint density at radius 2 is 1.70 bits per heavy atom. The van der Waals surface area contributed by atoms with Crippen LogP contribution in [0.3, 0.4) is 0 Å². The minimum absolute atomic E-state index is 0.0707. The second-order valence-electron chi connectivity index (χ2n) is 4.73. The third-order valence-corrected chi connectivity index (χ3v) is 4.35. The van der Waals surface area contributed by atoms with Crippen LogP contribution in [0.5, 0.6) is 0 Å².